The second kappa shape index (κ2) is 5.43. The van der Waals surface area contributed by atoms with E-state index in [2.05, 4.69) is 5.32 Å². The number of benzene rings is 1. The normalized spacial score (nSPS) is 10.2. The predicted octanol–water partition coefficient (Wildman–Crippen LogP) is 2.55. The van der Waals surface area contributed by atoms with E-state index in [1.54, 1.807) is 12.1 Å². The van der Waals surface area contributed by atoms with Crippen LogP contribution in [0.15, 0.2) is 36.5 Å². The first-order valence-corrected chi connectivity index (χ1v) is 5.78. The molecule has 1 aromatic carbocycles. The highest BCUT2D eigenvalue weighted by atomic mass is 16.6. The third kappa shape index (κ3) is 2.85. The average Bonchev–Trinajstić information content (AvgIpc) is 2.81. The summed E-state index contributed by atoms with van der Waals surface area (Å²) in [7, 11) is 3.41. The van der Waals surface area contributed by atoms with Crippen molar-refractivity contribution in [2.45, 2.75) is 6.54 Å². The number of nitro benzene ring substituents is 1. The SMILES string of the molecule is COc1ccc(NCc2cccn2C)c([N+](=O)[O-])c1. The van der Waals surface area contributed by atoms with E-state index in [1.165, 1.54) is 13.2 Å². The maximum Gasteiger partial charge on any atom is 0.296 e. The van der Waals surface area contributed by atoms with E-state index >= 15 is 0 Å². The summed E-state index contributed by atoms with van der Waals surface area (Å²) in [6.45, 7) is 0.524. The molecule has 0 fully saturated rings. The van der Waals surface area contributed by atoms with Crippen molar-refractivity contribution in [1.29, 1.82) is 0 Å². The van der Waals surface area contributed by atoms with Crippen molar-refractivity contribution in [3.63, 3.8) is 0 Å². The van der Waals surface area contributed by atoms with E-state index < -0.39 is 4.92 Å². The monoisotopic (exact) mass is 261 g/mol. The van der Waals surface area contributed by atoms with Crippen LogP contribution in [-0.4, -0.2) is 16.6 Å². The Labute approximate surface area is 110 Å². The van der Waals surface area contributed by atoms with Crippen LogP contribution in [0.3, 0.4) is 0 Å². The number of anilines is 1. The summed E-state index contributed by atoms with van der Waals surface area (Å²) >= 11 is 0. The van der Waals surface area contributed by atoms with Crippen molar-refractivity contribution in [3.05, 3.63) is 52.3 Å². The Bertz CT molecular complexity index is 593. The van der Waals surface area contributed by atoms with Crippen LogP contribution >= 0.6 is 0 Å². The average molecular weight is 261 g/mol. The second-order valence-corrected chi connectivity index (χ2v) is 4.10. The molecule has 1 heterocycles. The molecule has 6 heteroatoms. The first-order chi connectivity index (χ1) is 9.11. The van der Waals surface area contributed by atoms with E-state index in [4.69, 9.17) is 4.74 Å². The van der Waals surface area contributed by atoms with Crippen molar-refractivity contribution in [2.24, 2.45) is 7.05 Å². The number of aryl methyl sites for hydroxylation is 1. The van der Waals surface area contributed by atoms with Gasteiger partial charge in [-0.1, -0.05) is 0 Å². The topological polar surface area (TPSA) is 69.3 Å². The molecule has 2 aromatic rings. The highest BCUT2D eigenvalue weighted by Gasteiger charge is 2.15. The first kappa shape index (κ1) is 12.9. The molecule has 0 radical (unpaired) electrons. The lowest BCUT2D eigenvalue weighted by Crippen LogP contribution is -2.06. The third-order valence-electron chi connectivity index (χ3n) is 2.91. The maximum absolute atomic E-state index is 11.0. The summed E-state index contributed by atoms with van der Waals surface area (Å²) < 4.78 is 6.95. The summed E-state index contributed by atoms with van der Waals surface area (Å²) in [6, 6.07) is 8.65. The second-order valence-electron chi connectivity index (χ2n) is 4.10. The summed E-state index contributed by atoms with van der Waals surface area (Å²) in [5.41, 5.74) is 1.53. The molecule has 0 aliphatic heterocycles. The van der Waals surface area contributed by atoms with E-state index in [1.807, 2.05) is 29.9 Å². The smallest absolute Gasteiger partial charge is 0.296 e. The van der Waals surface area contributed by atoms with Gasteiger partial charge in [-0.2, -0.15) is 0 Å². The van der Waals surface area contributed by atoms with Gasteiger partial charge in [0.15, 0.2) is 0 Å². The Balaban J connectivity index is 2.20. The van der Waals surface area contributed by atoms with Gasteiger partial charge in [-0.3, -0.25) is 10.1 Å². The quantitative estimate of drug-likeness (QED) is 0.663. The van der Waals surface area contributed by atoms with Crippen molar-refractivity contribution >= 4 is 11.4 Å². The largest absolute Gasteiger partial charge is 0.496 e. The van der Waals surface area contributed by atoms with Crippen LogP contribution in [0.5, 0.6) is 5.75 Å². The number of ether oxygens (including phenoxy) is 1. The van der Waals surface area contributed by atoms with Gasteiger partial charge < -0.3 is 14.6 Å². The molecule has 1 aromatic heterocycles. The Kier molecular flexibility index (Phi) is 3.70. The molecule has 2 rings (SSSR count). The van der Waals surface area contributed by atoms with Crippen LogP contribution in [0.4, 0.5) is 11.4 Å². The molecule has 0 bridgehead atoms. The molecule has 19 heavy (non-hydrogen) atoms. The summed E-state index contributed by atoms with van der Waals surface area (Å²) in [5, 5.41) is 14.1. The van der Waals surface area contributed by atoms with Crippen LogP contribution in [0, 0.1) is 10.1 Å². The lowest BCUT2D eigenvalue weighted by Gasteiger charge is -2.09. The lowest BCUT2D eigenvalue weighted by atomic mass is 10.2. The number of nitro groups is 1. The van der Waals surface area contributed by atoms with Crippen molar-refractivity contribution < 1.29 is 9.66 Å². The van der Waals surface area contributed by atoms with Crippen LogP contribution in [0.1, 0.15) is 5.69 Å². The van der Waals surface area contributed by atoms with Gasteiger partial charge in [0.2, 0.25) is 0 Å². The number of methoxy groups -OCH3 is 1. The highest BCUT2D eigenvalue weighted by molar-refractivity contribution is 5.63. The van der Waals surface area contributed by atoms with Crippen LogP contribution in [0.25, 0.3) is 0 Å². The van der Waals surface area contributed by atoms with E-state index in [9.17, 15) is 10.1 Å². The number of nitrogens with zero attached hydrogens (tertiary/aromatic N) is 2. The summed E-state index contributed by atoms with van der Waals surface area (Å²) in [4.78, 5) is 10.6. The predicted molar refractivity (Wildman–Crippen MR) is 72.4 cm³/mol. The van der Waals surface area contributed by atoms with E-state index in [0.29, 0.717) is 18.0 Å². The van der Waals surface area contributed by atoms with Gasteiger partial charge in [0, 0.05) is 18.9 Å². The fraction of sp³-hybridized carbons (Fsp3) is 0.231. The van der Waals surface area contributed by atoms with Gasteiger partial charge in [-0.05, 0) is 24.3 Å². The molecule has 0 unspecified atom stereocenters. The third-order valence-corrected chi connectivity index (χ3v) is 2.91. The summed E-state index contributed by atoms with van der Waals surface area (Å²) in [6.07, 6.45) is 1.93. The molecular formula is C13H15N3O3. The Morgan fingerprint density at radius 3 is 2.79 bits per heavy atom. The van der Waals surface area contributed by atoms with Crippen molar-refractivity contribution in [2.75, 3.05) is 12.4 Å². The number of nitrogens with one attached hydrogen (secondary N) is 1. The zero-order valence-electron chi connectivity index (χ0n) is 10.8. The standard InChI is InChI=1S/C13H15N3O3/c1-15-7-3-4-10(15)9-14-12-6-5-11(19-2)8-13(12)16(17)18/h3-8,14H,9H2,1-2H3. The zero-order valence-corrected chi connectivity index (χ0v) is 10.8. The number of aromatic nitrogens is 1. The zero-order chi connectivity index (χ0) is 13.8. The molecule has 1 N–H and O–H groups in total. The lowest BCUT2D eigenvalue weighted by molar-refractivity contribution is -0.384. The Morgan fingerprint density at radius 2 is 2.21 bits per heavy atom. The van der Waals surface area contributed by atoms with Gasteiger partial charge in [-0.25, -0.2) is 0 Å². The number of hydrogen-bond donors (Lipinski definition) is 1. The fourth-order valence-electron chi connectivity index (χ4n) is 1.80. The van der Waals surface area contributed by atoms with E-state index in [-0.39, 0.29) is 5.69 Å². The van der Waals surface area contributed by atoms with E-state index in [0.717, 1.165) is 5.69 Å². The number of rotatable bonds is 5. The van der Waals surface area contributed by atoms with Gasteiger partial charge >= 0.3 is 0 Å². The Hall–Kier alpha value is -2.50. The van der Waals surface area contributed by atoms with Crippen molar-refractivity contribution in [1.82, 2.24) is 4.57 Å². The molecular weight excluding hydrogens is 246 g/mol. The van der Waals surface area contributed by atoms with Gasteiger partial charge in [-0.15, -0.1) is 0 Å². The maximum atomic E-state index is 11.0. The van der Waals surface area contributed by atoms with Crippen LogP contribution in [-0.2, 0) is 13.6 Å². The first-order valence-electron chi connectivity index (χ1n) is 5.78. The minimum absolute atomic E-state index is 0.00793. The van der Waals surface area contributed by atoms with Crippen LogP contribution < -0.4 is 10.1 Å². The molecule has 0 aliphatic rings. The molecule has 0 aliphatic carbocycles. The molecule has 0 spiro atoms. The molecule has 0 saturated heterocycles. The van der Waals surface area contributed by atoms with Gasteiger partial charge in [0.1, 0.15) is 11.4 Å². The molecule has 0 atom stereocenters. The van der Waals surface area contributed by atoms with Gasteiger partial charge in [0.25, 0.3) is 5.69 Å². The Morgan fingerprint density at radius 1 is 1.42 bits per heavy atom. The van der Waals surface area contributed by atoms with Gasteiger partial charge in [0.05, 0.1) is 24.6 Å². The molecule has 0 saturated carbocycles. The minimum atomic E-state index is -0.421. The molecule has 6 nitrogen and oxygen atoms in total. The van der Waals surface area contributed by atoms with Crippen LogP contribution in [0.2, 0.25) is 0 Å². The van der Waals surface area contributed by atoms with Crippen molar-refractivity contribution in [3.8, 4) is 5.75 Å². The fourth-order valence-corrected chi connectivity index (χ4v) is 1.80. The number of hydrogen-bond acceptors (Lipinski definition) is 4. The molecule has 100 valence electrons. The highest BCUT2D eigenvalue weighted by Crippen LogP contribution is 2.29. The summed E-state index contributed by atoms with van der Waals surface area (Å²) in [5.74, 6) is 0.469. The molecule has 0 amide bonds. The minimum Gasteiger partial charge on any atom is -0.496 e.